The molecule has 0 aliphatic heterocycles. The predicted molar refractivity (Wildman–Crippen MR) is 114 cm³/mol. The second kappa shape index (κ2) is 9.06. The fourth-order valence-corrected chi connectivity index (χ4v) is 4.11. The number of anilines is 2. The second-order valence-electron chi connectivity index (χ2n) is 6.49. The number of nitro groups is 1. The van der Waals surface area contributed by atoms with Gasteiger partial charge in [0.1, 0.15) is 5.69 Å². The van der Waals surface area contributed by atoms with E-state index in [0.717, 1.165) is 25.3 Å². The van der Waals surface area contributed by atoms with Gasteiger partial charge in [-0.1, -0.05) is 29.8 Å². The molecule has 8 nitrogen and oxygen atoms in total. The lowest BCUT2D eigenvalue weighted by molar-refractivity contribution is -0.384. The zero-order chi connectivity index (χ0) is 20.9. The molecular weight excluding hydrogens is 416 g/mol. The highest BCUT2D eigenvalue weighted by Crippen LogP contribution is 2.29. The number of nitrogens with zero attached hydrogens (tertiary/aromatic N) is 2. The topological polar surface area (TPSA) is 114 Å². The van der Waals surface area contributed by atoms with Crippen LogP contribution in [0.4, 0.5) is 17.1 Å². The van der Waals surface area contributed by atoms with Crippen molar-refractivity contribution in [1.82, 2.24) is 0 Å². The molecule has 0 radical (unpaired) electrons. The van der Waals surface area contributed by atoms with Gasteiger partial charge in [-0.05, 0) is 55.5 Å². The van der Waals surface area contributed by atoms with Crippen molar-refractivity contribution in [3.63, 3.8) is 0 Å². The predicted octanol–water partition coefficient (Wildman–Crippen LogP) is 4.80. The maximum atomic E-state index is 12.6. The number of allylic oxidation sites excluding steroid dienone is 2. The molecule has 1 unspecified atom stereocenters. The van der Waals surface area contributed by atoms with E-state index < -0.39 is 14.9 Å². The summed E-state index contributed by atoms with van der Waals surface area (Å²) in [5.41, 5.74) is 2.63. The van der Waals surface area contributed by atoms with E-state index in [1.807, 2.05) is 0 Å². The molecule has 0 aromatic heterocycles. The molecule has 0 bridgehead atoms. The number of halogens is 1. The van der Waals surface area contributed by atoms with E-state index in [1.165, 1.54) is 24.3 Å². The maximum Gasteiger partial charge on any atom is 0.295 e. The summed E-state index contributed by atoms with van der Waals surface area (Å²) in [7, 11) is -4.03. The number of hydrogen-bond donors (Lipinski definition) is 2. The molecule has 0 saturated carbocycles. The summed E-state index contributed by atoms with van der Waals surface area (Å²) in [6, 6.07) is 9.77. The largest absolute Gasteiger partial charge is 0.295 e. The summed E-state index contributed by atoms with van der Waals surface area (Å²) >= 11 is 5.86. The highest BCUT2D eigenvalue weighted by atomic mass is 35.5. The number of nitrogens with one attached hydrogen (secondary N) is 2. The minimum absolute atomic E-state index is 0.110. The number of nitro benzene ring substituents is 1. The van der Waals surface area contributed by atoms with Crippen molar-refractivity contribution in [3.8, 4) is 0 Å². The van der Waals surface area contributed by atoms with Gasteiger partial charge in [-0.15, -0.1) is 0 Å². The summed E-state index contributed by atoms with van der Waals surface area (Å²) in [6.07, 6.45) is 8.73. The Balaban J connectivity index is 1.80. The molecule has 0 fully saturated rings. The van der Waals surface area contributed by atoms with Crippen LogP contribution in [0.15, 0.2) is 64.6 Å². The van der Waals surface area contributed by atoms with E-state index in [-0.39, 0.29) is 27.9 Å². The highest BCUT2D eigenvalue weighted by molar-refractivity contribution is 7.92. The van der Waals surface area contributed by atoms with Crippen LogP contribution in [0.1, 0.15) is 19.3 Å². The van der Waals surface area contributed by atoms with Crippen molar-refractivity contribution in [2.24, 2.45) is 11.0 Å². The van der Waals surface area contributed by atoms with E-state index in [2.05, 4.69) is 27.4 Å². The lowest BCUT2D eigenvalue weighted by atomic mass is 9.96. The van der Waals surface area contributed by atoms with Gasteiger partial charge in [-0.3, -0.25) is 20.3 Å². The van der Waals surface area contributed by atoms with Crippen molar-refractivity contribution in [2.45, 2.75) is 24.2 Å². The monoisotopic (exact) mass is 434 g/mol. The van der Waals surface area contributed by atoms with Gasteiger partial charge < -0.3 is 0 Å². The molecule has 3 rings (SSSR count). The van der Waals surface area contributed by atoms with Crippen LogP contribution in [0.3, 0.4) is 0 Å². The van der Waals surface area contributed by atoms with Crippen LogP contribution < -0.4 is 10.1 Å². The molecule has 152 valence electrons. The fraction of sp³-hybridized carbons (Fsp3) is 0.211. The Morgan fingerprint density at radius 1 is 1.21 bits per heavy atom. The summed E-state index contributed by atoms with van der Waals surface area (Å²) in [6.45, 7) is 0. The van der Waals surface area contributed by atoms with E-state index in [9.17, 15) is 18.5 Å². The number of hydrogen-bond acceptors (Lipinski definition) is 6. The zero-order valence-electron chi connectivity index (χ0n) is 15.3. The number of rotatable bonds is 7. The van der Waals surface area contributed by atoms with Gasteiger partial charge in [0.2, 0.25) is 0 Å². The number of benzene rings is 2. The summed E-state index contributed by atoms with van der Waals surface area (Å²) in [5, 5.41) is 15.9. The first-order valence-corrected chi connectivity index (χ1v) is 10.7. The van der Waals surface area contributed by atoms with Crippen molar-refractivity contribution in [2.75, 3.05) is 10.1 Å². The van der Waals surface area contributed by atoms with Crippen LogP contribution in [0.2, 0.25) is 5.02 Å². The molecule has 2 aromatic carbocycles. The Hall–Kier alpha value is -2.91. The summed E-state index contributed by atoms with van der Waals surface area (Å²) in [5.74, 6) is 0.271. The Morgan fingerprint density at radius 3 is 2.72 bits per heavy atom. The molecule has 0 spiro atoms. The van der Waals surface area contributed by atoms with Crippen LogP contribution in [-0.4, -0.2) is 19.6 Å². The quantitative estimate of drug-likeness (QED) is 0.281. The van der Waals surface area contributed by atoms with Crippen LogP contribution in [0, 0.1) is 16.0 Å². The molecule has 1 aliphatic carbocycles. The Morgan fingerprint density at radius 2 is 2.03 bits per heavy atom. The third kappa shape index (κ3) is 5.55. The third-order valence-electron chi connectivity index (χ3n) is 4.33. The summed E-state index contributed by atoms with van der Waals surface area (Å²) < 4.78 is 27.5. The first kappa shape index (κ1) is 20.8. The number of sulfonamides is 1. The van der Waals surface area contributed by atoms with Crippen molar-refractivity contribution >= 4 is 44.9 Å². The van der Waals surface area contributed by atoms with Crippen LogP contribution >= 0.6 is 11.6 Å². The van der Waals surface area contributed by atoms with Gasteiger partial charge in [-0.25, -0.2) is 8.42 Å². The first-order valence-electron chi connectivity index (χ1n) is 8.86. The van der Waals surface area contributed by atoms with Crippen molar-refractivity contribution < 1.29 is 13.3 Å². The van der Waals surface area contributed by atoms with E-state index in [4.69, 9.17) is 11.6 Å². The van der Waals surface area contributed by atoms with E-state index in [0.29, 0.717) is 5.02 Å². The Labute approximate surface area is 173 Å². The molecule has 0 heterocycles. The number of hydrazone groups is 1. The van der Waals surface area contributed by atoms with Gasteiger partial charge in [0.05, 0.1) is 15.5 Å². The summed E-state index contributed by atoms with van der Waals surface area (Å²) in [4.78, 5) is 10.5. The maximum absolute atomic E-state index is 12.6. The minimum atomic E-state index is -4.03. The van der Waals surface area contributed by atoms with Gasteiger partial charge in [0, 0.05) is 17.3 Å². The SMILES string of the molecule is O=[N+]([O-])c1cc(S(=O)(=O)Nc2cccc(Cl)c2)ccc1NN=CC1CC=CCC1. The lowest BCUT2D eigenvalue weighted by Gasteiger charge is -2.12. The normalized spacial score (nSPS) is 16.7. The minimum Gasteiger partial charge on any atom is -0.280 e. The first-order chi connectivity index (χ1) is 13.8. The molecule has 10 heteroatoms. The molecule has 29 heavy (non-hydrogen) atoms. The highest BCUT2D eigenvalue weighted by Gasteiger charge is 2.21. The zero-order valence-corrected chi connectivity index (χ0v) is 16.9. The molecule has 1 aliphatic rings. The van der Waals surface area contributed by atoms with Gasteiger partial charge in [0.25, 0.3) is 15.7 Å². The van der Waals surface area contributed by atoms with Crippen molar-refractivity contribution in [1.29, 1.82) is 0 Å². The molecule has 0 amide bonds. The van der Waals surface area contributed by atoms with Gasteiger partial charge >= 0.3 is 0 Å². The lowest BCUT2D eigenvalue weighted by Crippen LogP contribution is -2.13. The Bertz CT molecular complexity index is 1070. The fourth-order valence-electron chi connectivity index (χ4n) is 2.85. The average Bonchev–Trinajstić information content (AvgIpc) is 2.68. The third-order valence-corrected chi connectivity index (χ3v) is 5.95. The Kier molecular flexibility index (Phi) is 6.50. The molecule has 2 N–H and O–H groups in total. The van der Waals surface area contributed by atoms with E-state index >= 15 is 0 Å². The van der Waals surface area contributed by atoms with E-state index in [1.54, 1.807) is 18.3 Å². The standard InChI is InChI=1S/C19H19ClN4O4S/c20-15-7-4-8-16(11-15)23-29(27,28)17-9-10-18(19(12-17)24(25)26)22-21-13-14-5-2-1-3-6-14/h1-2,4,7-14,22-23H,3,5-6H2. The molecule has 2 aromatic rings. The smallest absolute Gasteiger partial charge is 0.280 e. The van der Waals surface area contributed by atoms with Gasteiger partial charge in [-0.2, -0.15) is 5.10 Å². The molecule has 0 saturated heterocycles. The van der Waals surface area contributed by atoms with Crippen LogP contribution in [0.5, 0.6) is 0 Å². The van der Waals surface area contributed by atoms with Crippen molar-refractivity contribution in [3.05, 3.63) is 69.8 Å². The molecular formula is C19H19ClN4O4S. The molecule has 1 atom stereocenters. The van der Waals surface area contributed by atoms with Gasteiger partial charge in [0.15, 0.2) is 0 Å². The second-order valence-corrected chi connectivity index (χ2v) is 8.61. The van der Waals surface area contributed by atoms with Crippen LogP contribution in [-0.2, 0) is 10.0 Å². The average molecular weight is 435 g/mol. The van der Waals surface area contributed by atoms with Crippen LogP contribution in [0.25, 0.3) is 0 Å².